The van der Waals surface area contributed by atoms with E-state index < -0.39 is 17.4 Å². The van der Waals surface area contributed by atoms with Gasteiger partial charge in [0.2, 0.25) is 0 Å². The van der Waals surface area contributed by atoms with Crippen LogP contribution < -0.4 is 15.0 Å². The minimum Gasteiger partial charge on any atom is -0.507 e. The van der Waals surface area contributed by atoms with Gasteiger partial charge in [-0.3, -0.25) is 9.59 Å². The first-order valence-corrected chi connectivity index (χ1v) is 12.9. The van der Waals surface area contributed by atoms with Gasteiger partial charge in [-0.2, -0.15) is 0 Å². The third-order valence-corrected chi connectivity index (χ3v) is 7.00. The number of nitrogens with zero attached hydrogens (tertiary/aromatic N) is 3. The van der Waals surface area contributed by atoms with Crippen LogP contribution in [-0.4, -0.2) is 49.6 Å². The van der Waals surface area contributed by atoms with Crippen molar-refractivity contribution < 1.29 is 34.3 Å². The monoisotopic (exact) mass is 563 g/mol. The number of aryl methyl sites for hydroxylation is 3. The fourth-order valence-corrected chi connectivity index (χ4v) is 4.67. The Labute approximate surface area is 236 Å². The van der Waals surface area contributed by atoms with Gasteiger partial charge in [-0.05, 0) is 54.8 Å². The van der Waals surface area contributed by atoms with E-state index in [0.717, 1.165) is 0 Å². The molecule has 0 saturated heterocycles. The molecule has 0 aliphatic carbocycles. The summed E-state index contributed by atoms with van der Waals surface area (Å²) in [5.41, 5.74) is 1.35. The van der Waals surface area contributed by atoms with Gasteiger partial charge in [0.05, 0.1) is 26.2 Å². The van der Waals surface area contributed by atoms with Crippen LogP contribution in [0.25, 0.3) is 0 Å². The first-order valence-electron chi connectivity index (χ1n) is 12.9. The fourth-order valence-electron chi connectivity index (χ4n) is 4.67. The van der Waals surface area contributed by atoms with Crippen LogP contribution in [0.4, 0.5) is 0 Å². The number of phenolic OH excluding ortho intramolecular Hbond substituents is 2. The molecule has 0 aliphatic rings. The van der Waals surface area contributed by atoms with Crippen molar-refractivity contribution in [1.82, 2.24) is 14.1 Å². The zero-order valence-corrected chi connectivity index (χ0v) is 23.3. The summed E-state index contributed by atoms with van der Waals surface area (Å²) >= 11 is 0. The molecule has 4 aromatic rings. The number of imidazole rings is 1. The average molecular weight is 564 g/mol. The second-order valence-electron chi connectivity index (χ2n) is 9.60. The zero-order valence-electron chi connectivity index (χ0n) is 23.3. The van der Waals surface area contributed by atoms with Crippen molar-refractivity contribution in [2.45, 2.75) is 38.8 Å². The van der Waals surface area contributed by atoms with Crippen LogP contribution in [-0.2, 0) is 36.2 Å². The number of hydrogen-bond donors (Lipinski definition) is 3. The lowest BCUT2D eigenvalue weighted by molar-refractivity contribution is -0.140. The number of pyridine rings is 1. The number of aromatic hydroxyl groups is 3. The quantitative estimate of drug-likeness (QED) is 0.184. The van der Waals surface area contributed by atoms with Crippen molar-refractivity contribution in [3.8, 4) is 28.7 Å². The molecule has 0 saturated carbocycles. The summed E-state index contributed by atoms with van der Waals surface area (Å²) in [6.07, 6.45) is 3.65. The number of aromatic nitrogens is 3. The normalized spacial score (nSPS) is 11.7. The van der Waals surface area contributed by atoms with E-state index >= 15 is 0 Å². The van der Waals surface area contributed by atoms with Gasteiger partial charge in [-0.15, -0.1) is 0 Å². The van der Waals surface area contributed by atoms with E-state index in [9.17, 15) is 24.9 Å². The topological polar surface area (TPSA) is 145 Å². The first kappa shape index (κ1) is 29.1. The summed E-state index contributed by atoms with van der Waals surface area (Å²) in [6, 6.07) is 11.0. The molecule has 11 nitrogen and oxygen atoms in total. The van der Waals surface area contributed by atoms with Gasteiger partial charge in [0.1, 0.15) is 18.2 Å². The summed E-state index contributed by atoms with van der Waals surface area (Å²) in [6.45, 7) is 2.13. The van der Waals surface area contributed by atoms with Gasteiger partial charge < -0.3 is 38.7 Å². The molecule has 11 heteroatoms. The number of rotatable bonds is 11. The Morgan fingerprint density at radius 2 is 1.78 bits per heavy atom. The highest BCUT2D eigenvalue weighted by molar-refractivity contribution is 5.71. The van der Waals surface area contributed by atoms with Crippen molar-refractivity contribution in [2.24, 2.45) is 7.05 Å². The van der Waals surface area contributed by atoms with Crippen molar-refractivity contribution >= 4 is 5.97 Å². The molecule has 0 radical (unpaired) electrons. The number of benzene rings is 2. The molecule has 3 N–H and O–H groups in total. The molecule has 2 aromatic heterocycles. The highest BCUT2D eigenvalue weighted by atomic mass is 16.5. The zero-order chi connectivity index (χ0) is 29.7. The molecule has 0 amide bonds. The highest BCUT2D eigenvalue weighted by Gasteiger charge is 2.27. The predicted octanol–water partition coefficient (Wildman–Crippen LogP) is 3.53. The van der Waals surface area contributed by atoms with E-state index in [2.05, 4.69) is 4.98 Å². The Bertz CT molecular complexity index is 1610. The van der Waals surface area contributed by atoms with E-state index in [0.29, 0.717) is 40.6 Å². The van der Waals surface area contributed by atoms with Crippen molar-refractivity contribution in [1.29, 1.82) is 0 Å². The SMILES string of the molecule is COC(=O)CC(c1ccc(OCc2nccn2C)c(OC)c1)c1c(O)cc(C)n(CCc2ccc(O)c(O)c2)c1=O. The van der Waals surface area contributed by atoms with Crippen LogP contribution in [0.1, 0.15) is 40.5 Å². The van der Waals surface area contributed by atoms with Gasteiger partial charge in [0, 0.05) is 37.6 Å². The molecule has 0 fully saturated rings. The third-order valence-electron chi connectivity index (χ3n) is 7.00. The van der Waals surface area contributed by atoms with Crippen molar-refractivity contribution in [2.75, 3.05) is 14.2 Å². The average Bonchev–Trinajstić information content (AvgIpc) is 3.37. The van der Waals surface area contributed by atoms with E-state index in [4.69, 9.17) is 14.2 Å². The molecule has 216 valence electrons. The smallest absolute Gasteiger partial charge is 0.306 e. The van der Waals surface area contributed by atoms with Crippen LogP contribution in [0.2, 0.25) is 0 Å². The molecule has 41 heavy (non-hydrogen) atoms. The molecule has 4 rings (SSSR count). The Kier molecular flexibility index (Phi) is 8.86. The van der Waals surface area contributed by atoms with Gasteiger partial charge in [0.15, 0.2) is 23.0 Å². The largest absolute Gasteiger partial charge is 0.507 e. The van der Waals surface area contributed by atoms with Crippen LogP contribution >= 0.6 is 0 Å². The van der Waals surface area contributed by atoms with Crippen LogP contribution in [0.15, 0.2) is 59.7 Å². The molecule has 2 heterocycles. The number of carbonyl (C=O) groups excluding carboxylic acids is 1. The minimum atomic E-state index is -0.850. The minimum absolute atomic E-state index is 0.0401. The molecule has 0 bridgehead atoms. The second-order valence-corrected chi connectivity index (χ2v) is 9.60. The predicted molar refractivity (Wildman–Crippen MR) is 150 cm³/mol. The Morgan fingerprint density at radius 3 is 2.44 bits per heavy atom. The number of hydrogen-bond acceptors (Lipinski definition) is 9. The van der Waals surface area contributed by atoms with Crippen molar-refractivity contribution in [3.05, 3.63) is 93.4 Å². The maximum absolute atomic E-state index is 13.8. The lowest BCUT2D eigenvalue weighted by atomic mass is 9.88. The van der Waals surface area contributed by atoms with Crippen molar-refractivity contribution in [3.63, 3.8) is 0 Å². The molecular formula is C30H33N3O8. The van der Waals surface area contributed by atoms with E-state index in [-0.39, 0.29) is 42.4 Å². The lowest BCUT2D eigenvalue weighted by Crippen LogP contribution is -2.29. The number of carbonyl (C=O) groups is 1. The Hall–Kier alpha value is -4.93. The summed E-state index contributed by atoms with van der Waals surface area (Å²) in [4.78, 5) is 30.5. The van der Waals surface area contributed by atoms with E-state index in [1.807, 2.05) is 17.8 Å². The highest BCUT2D eigenvalue weighted by Crippen LogP contribution is 2.37. The fraction of sp³-hybridized carbons (Fsp3) is 0.300. The summed E-state index contributed by atoms with van der Waals surface area (Å²) in [5.74, 6) is -0.599. The summed E-state index contributed by atoms with van der Waals surface area (Å²) in [5, 5.41) is 30.4. The van der Waals surface area contributed by atoms with Crippen LogP contribution in [0.5, 0.6) is 28.7 Å². The maximum Gasteiger partial charge on any atom is 0.306 e. The number of ether oxygens (including phenoxy) is 3. The van der Waals surface area contributed by atoms with Crippen LogP contribution in [0, 0.1) is 6.92 Å². The van der Waals surface area contributed by atoms with Gasteiger partial charge >= 0.3 is 5.97 Å². The molecule has 2 aromatic carbocycles. The summed E-state index contributed by atoms with van der Waals surface area (Å²) in [7, 11) is 4.60. The van der Waals surface area contributed by atoms with Gasteiger partial charge in [-0.1, -0.05) is 12.1 Å². The molecule has 1 unspecified atom stereocenters. The lowest BCUT2D eigenvalue weighted by Gasteiger charge is -2.21. The maximum atomic E-state index is 13.8. The number of phenols is 2. The van der Waals surface area contributed by atoms with Gasteiger partial charge in [0.25, 0.3) is 5.56 Å². The number of esters is 1. The first-order chi connectivity index (χ1) is 19.6. The standard InChI is InChI=1S/C30H33N3O8/c1-18-13-24(36)29(30(38)33(18)11-9-19-5-7-22(34)23(35)14-19)21(16-28(37)40-4)20-6-8-25(26(15-20)39-3)41-17-27-31-10-12-32(27)2/h5-8,10,12-15,21,34-36H,9,11,16-17H2,1-4H3. The van der Waals surface area contributed by atoms with Crippen LogP contribution in [0.3, 0.4) is 0 Å². The molecule has 1 atom stereocenters. The molecular weight excluding hydrogens is 530 g/mol. The Morgan fingerprint density at radius 1 is 1.00 bits per heavy atom. The van der Waals surface area contributed by atoms with E-state index in [1.165, 1.54) is 37.0 Å². The molecule has 0 aliphatic heterocycles. The van der Waals surface area contributed by atoms with E-state index in [1.54, 1.807) is 37.4 Å². The summed E-state index contributed by atoms with van der Waals surface area (Å²) < 4.78 is 19.7. The third kappa shape index (κ3) is 6.46. The Balaban J connectivity index is 1.70. The van der Waals surface area contributed by atoms with Gasteiger partial charge in [-0.25, -0.2) is 4.98 Å². The second kappa shape index (κ2) is 12.5. The number of methoxy groups -OCH3 is 2. The molecule has 0 spiro atoms.